The summed E-state index contributed by atoms with van der Waals surface area (Å²) in [4.78, 5) is 10.9. The summed E-state index contributed by atoms with van der Waals surface area (Å²) >= 11 is 0. The van der Waals surface area contributed by atoms with Gasteiger partial charge in [0.25, 0.3) is 0 Å². The van der Waals surface area contributed by atoms with Crippen molar-refractivity contribution in [2.24, 2.45) is 11.8 Å². The third-order valence-corrected chi connectivity index (χ3v) is 2.34. The molecule has 1 aliphatic carbocycles. The van der Waals surface area contributed by atoms with Crippen molar-refractivity contribution in [3.05, 3.63) is 36.6 Å². The van der Waals surface area contributed by atoms with Gasteiger partial charge < -0.3 is 4.74 Å². The van der Waals surface area contributed by atoms with Crippen LogP contribution in [0.15, 0.2) is 36.6 Å². The van der Waals surface area contributed by atoms with Gasteiger partial charge in [-0.1, -0.05) is 26.5 Å². The van der Waals surface area contributed by atoms with E-state index in [1.807, 2.05) is 12.2 Å². The Morgan fingerprint density at radius 3 is 2.86 bits per heavy atom. The average molecular weight is 192 g/mol. The third-order valence-electron chi connectivity index (χ3n) is 2.34. The van der Waals surface area contributed by atoms with Gasteiger partial charge in [0.1, 0.15) is 5.76 Å². The van der Waals surface area contributed by atoms with Crippen LogP contribution in [0.3, 0.4) is 0 Å². The Kier molecular flexibility index (Phi) is 3.69. The van der Waals surface area contributed by atoms with Crippen molar-refractivity contribution in [1.82, 2.24) is 0 Å². The van der Waals surface area contributed by atoms with Gasteiger partial charge in [0, 0.05) is 6.08 Å². The van der Waals surface area contributed by atoms with Crippen LogP contribution in [0.5, 0.6) is 0 Å². The van der Waals surface area contributed by atoms with E-state index in [0.29, 0.717) is 17.6 Å². The molecule has 0 aliphatic heterocycles. The molecule has 0 saturated heterocycles. The van der Waals surface area contributed by atoms with Crippen LogP contribution in [0, 0.1) is 11.8 Å². The molecule has 0 fully saturated rings. The van der Waals surface area contributed by atoms with Gasteiger partial charge in [-0.15, -0.1) is 0 Å². The van der Waals surface area contributed by atoms with Gasteiger partial charge in [0.2, 0.25) is 0 Å². The van der Waals surface area contributed by atoms with Crippen LogP contribution < -0.4 is 0 Å². The molecule has 0 aromatic carbocycles. The summed E-state index contributed by atoms with van der Waals surface area (Å²) in [5.41, 5.74) is 0. The van der Waals surface area contributed by atoms with Gasteiger partial charge in [0.15, 0.2) is 0 Å². The number of esters is 1. The van der Waals surface area contributed by atoms with E-state index < -0.39 is 5.97 Å². The smallest absolute Gasteiger partial charge is 0.335 e. The molecule has 0 aromatic rings. The molecule has 1 atom stereocenters. The molecule has 0 radical (unpaired) electrons. The van der Waals surface area contributed by atoms with Gasteiger partial charge >= 0.3 is 5.97 Å². The molecule has 1 unspecified atom stereocenters. The van der Waals surface area contributed by atoms with E-state index in [2.05, 4.69) is 26.5 Å². The first-order chi connectivity index (χ1) is 6.63. The highest BCUT2D eigenvalue weighted by Crippen LogP contribution is 2.23. The number of ether oxygens (including phenoxy) is 1. The minimum Gasteiger partial charge on any atom is -0.424 e. The Bertz CT molecular complexity index is 285. The molecule has 0 aromatic heterocycles. The Labute approximate surface area is 85.0 Å². The quantitative estimate of drug-likeness (QED) is 0.507. The third kappa shape index (κ3) is 2.87. The maximum absolute atomic E-state index is 10.9. The van der Waals surface area contributed by atoms with Crippen molar-refractivity contribution in [1.29, 1.82) is 0 Å². The molecular formula is C12H16O2. The van der Waals surface area contributed by atoms with Crippen LogP contribution >= 0.6 is 0 Å². The van der Waals surface area contributed by atoms with Crippen molar-refractivity contribution >= 4 is 5.97 Å². The number of carbonyl (C=O) groups excluding carboxylic acids is 1. The highest BCUT2D eigenvalue weighted by atomic mass is 16.5. The lowest BCUT2D eigenvalue weighted by atomic mass is 9.89. The highest BCUT2D eigenvalue weighted by Gasteiger charge is 2.13. The summed E-state index contributed by atoms with van der Waals surface area (Å²) in [6, 6.07) is 0. The Hall–Kier alpha value is -1.31. The number of carbonyl (C=O) groups is 1. The largest absolute Gasteiger partial charge is 0.424 e. The fourth-order valence-corrected chi connectivity index (χ4v) is 1.35. The summed E-state index contributed by atoms with van der Waals surface area (Å²) in [5.74, 6) is 1.41. The maximum atomic E-state index is 10.9. The lowest BCUT2D eigenvalue weighted by Gasteiger charge is -2.18. The average Bonchev–Trinajstić information content (AvgIpc) is 2.18. The molecule has 0 saturated carbocycles. The highest BCUT2D eigenvalue weighted by molar-refractivity contribution is 5.82. The van der Waals surface area contributed by atoms with E-state index in [9.17, 15) is 4.79 Å². The van der Waals surface area contributed by atoms with Crippen molar-refractivity contribution in [2.75, 3.05) is 0 Å². The zero-order valence-electron chi connectivity index (χ0n) is 8.69. The van der Waals surface area contributed by atoms with Crippen molar-refractivity contribution < 1.29 is 9.53 Å². The number of hydrogen-bond acceptors (Lipinski definition) is 2. The van der Waals surface area contributed by atoms with Crippen molar-refractivity contribution in [3.63, 3.8) is 0 Å². The van der Waals surface area contributed by atoms with Gasteiger partial charge in [0.05, 0.1) is 0 Å². The number of rotatable bonds is 3. The van der Waals surface area contributed by atoms with Crippen LogP contribution in [0.4, 0.5) is 0 Å². The molecule has 0 spiro atoms. The van der Waals surface area contributed by atoms with E-state index in [-0.39, 0.29) is 0 Å². The first kappa shape index (κ1) is 10.8. The summed E-state index contributed by atoms with van der Waals surface area (Å²) in [6.45, 7) is 7.71. The maximum Gasteiger partial charge on any atom is 0.335 e. The second-order valence-electron chi connectivity index (χ2n) is 3.73. The summed E-state index contributed by atoms with van der Waals surface area (Å²) in [5, 5.41) is 0. The molecular weight excluding hydrogens is 176 g/mol. The van der Waals surface area contributed by atoms with E-state index in [0.717, 1.165) is 6.42 Å². The van der Waals surface area contributed by atoms with E-state index in [1.54, 1.807) is 0 Å². The topological polar surface area (TPSA) is 26.3 Å². The minimum atomic E-state index is -0.399. The standard InChI is InChI=1S/C12H16O2/c1-4-12(13)14-11-7-5-10(6-8-11)9(2)3/h4-5,7-10H,1,6H2,2-3H3. The number of hydrogen-bond donors (Lipinski definition) is 0. The molecule has 1 rings (SSSR count). The molecule has 0 N–H and O–H groups in total. The molecule has 1 aliphatic rings. The monoisotopic (exact) mass is 192 g/mol. The van der Waals surface area contributed by atoms with Crippen LogP contribution in [0.25, 0.3) is 0 Å². The van der Waals surface area contributed by atoms with Crippen LogP contribution in [0.2, 0.25) is 0 Å². The lowest BCUT2D eigenvalue weighted by molar-refractivity contribution is -0.133. The predicted octanol–water partition coefficient (Wildman–Crippen LogP) is 2.83. The molecule has 0 heterocycles. The first-order valence-corrected chi connectivity index (χ1v) is 4.86. The van der Waals surface area contributed by atoms with Gasteiger partial charge in [-0.3, -0.25) is 0 Å². The lowest BCUT2D eigenvalue weighted by Crippen LogP contribution is -2.09. The van der Waals surface area contributed by atoms with Crippen LogP contribution in [-0.2, 0) is 9.53 Å². The van der Waals surface area contributed by atoms with Gasteiger partial charge in [-0.2, -0.15) is 0 Å². The minimum absolute atomic E-state index is 0.399. The molecule has 0 bridgehead atoms. The molecule has 14 heavy (non-hydrogen) atoms. The van der Waals surface area contributed by atoms with E-state index in [1.165, 1.54) is 6.08 Å². The number of allylic oxidation sites excluding steroid dienone is 3. The Morgan fingerprint density at radius 2 is 2.43 bits per heavy atom. The first-order valence-electron chi connectivity index (χ1n) is 4.86. The SMILES string of the molecule is C=CC(=O)OC1=CCC(C(C)C)C=C1. The van der Waals surface area contributed by atoms with Gasteiger partial charge in [-0.05, 0) is 30.4 Å². The van der Waals surface area contributed by atoms with Crippen molar-refractivity contribution in [2.45, 2.75) is 20.3 Å². The van der Waals surface area contributed by atoms with Crippen LogP contribution in [-0.4, -0.2) is 5.97 Å². The van der Waals surface area contributed by atoms with Gasteiger partial charge in [-0.25, -0.2) is 4.79 Å². The second kappa shape index (κ2) is 4.80. The second-order valence-corrected chi connectivity index (χ2v) is 3.73. The normalized spacial score (nSPS) is 20.5. The zero-order valence-corrected chi connectivity index (χ0v) is 8.69. The Balaban J connectivity index is 2.51. The van der Waals surface area contributed by atoms with Crippen molar-refractivity contribution in [3.8, 4) is 0 Å². The van der Waals surface area contributed by atoms with E-state index in [4.69, 9.17) is 4.74 Å². The summed E-state index contributed by atoms with van der Waals surface area (Å²) in [6.07, 6.45) is 8.01. The molecule has 2 nitrogen and oxygen atoms in total. The Morgan fingerprint density at radius 1 is 1.71 bits per heavy atom. The van der Waals surface area contributed by atoms with Crippen LogP contribution in [0.1, 0.15) is 20.3 Å². The molecule has 0 amide bonds. The zero-order chi connectivity index (χ0) is 10.6. The summed E-state index contributed by atoms with van der Waals surface area (Å²) < 4.78 is 4.99. The van der Waals surface area contributed by atoms with E-state index >= 15 is 0 Å². The molecule has 76 valence electrons. The fourth-order valence-electron chi connectivity index (χ4n) is 1.35. The molecule has 2 heteroatoms. The summed E-state index contributed by atoms with van der Waals surface area (Å²) in [7, 11) is 0. The predicted molar refractivity (Wildman–Crippen MR) is 56.5 cm³/mol. The fraction of sp³-hybridized carbons (Fsp3) is 0.417.